The molecule has 0 spiro atoms. The van der Waals surface area contributed by atoms with E-state index in [1.165, 1.54) is 5.56 Å². The summed E-state index contributed by atoms with van der Waals surface area (Å²) in [5.41, 5.74) is 1.30. The van der Waals surface area contributed by atoms with Crippen LogP contribution in [0.3, 0.4) is 0 Å². The van der Waals surface area contributed by atoms with Crippen LogP contribution in [0, 0.1) is 0 Å². The number of fused-ring (bicyclic) bond motifs is 1. The second-order valence-electron chi connectivity index (χ2n) is 5.52. The zero-order chi connectivity index (χ0) is 17.3. The highest BCUT2D eigenvalue weighted by molar-refractivity contribution is 5.79. The van der Waals surface area contributed by atoms with Gasteiger partial charge in [0.1, 0.15) is 12.4 Å². The minimum atomic E-state index is 0.269. The molecular formula is C19H23N3O3. The Morgan fingerprint density at radius 1 is 1.04 bits per heavy atom. The predicted molar refractivity (Wildman–Crippen MR) is 97.6 cm³/mol. The fourth-order valence-electron chi connectivity index (χ4n) is 2.50. The van der Waals surface area contributed by atoms with Crippen molar-refractivity contribution in [2.24, 2.45) is 4.99 Å². The molecule has 0 aliphatic carbocycles. The molecule has 2 N–H and O–H groups in total. The van der Waals surface area contributed by atoms with Gasteiger partial charge in [-0.1, -0.05) is 30.3 Å². The Labute approximate surface area is 147 Å². The molecule has 2 aromatic carbocycles. The number of aliphatic imine (C=N–C) groups is 1. The molecule has 1 heterocycles. The topological polar surface area (TPSA) is 64.1 Å². The third kappa shape index (κ3) is 5.04. The highest BCUT2D eigenvalue weighted by Gasteiger charge is 2.13. The van der Waals surface area contributed by atoms with Crippen LogP contribution >= 0.6 is 0 Å². The predicted octanol–water partition coefficient (Wildman–Crippen LogP) is 2.20. The Bertz CT molecular complexity index is 704. The molecule has 0 unspecified atom stereocenters. The van der Waals surface area contributed by atoms with Crippen molar-refractivity contribution in [3.8, 4) is 17.2 Å². The van der Waals surface area contributed by atoms with Crippen molar-refractivity contribution >= 4 is 5.96 Å². The molecule has 1 aliphatic heterocycles. The summed E-state index contributed by atoms with van der Waals surface area (Å²) in [4.78, 5) is 4.21. The first-order valence-corrected chi connectivity index (χ1v) is 8.36. The van der Waals surface area contributed by atoms with E-state index in [1.54, 1.807) is 7.05 Å². The van der Waals surface area contributed by atoms with Crippen LogP contribution in [0.5, 0.6) is 17.2 Å². The van der Waals surface area contributed by atoms with Crippen LogP contribution < -0.4 is 24.8 Å². The third-order valence-corrected chi connectivity index (χ3v) is 3.78. The van der Waals surface area contributed by atoms with Gasteiger partial charge >= 0.3 is 0 Å². The lowest BCUT2D eigenvalue weighted by molar-refractivity contribution is 0.173. The maximum absolute atomic E-state index is 5.72. The summed E-state index contributed by atoms with van der Waals surface area (Å²) < 4.78 is 16.3. The fraction of sp³-hybridized carbons (Fsp3) is 0.316. The molecule has 1 aliphatic rings. The number of nitrogens with zero attached hydrogens (tertiary/aromatic N) is 1. The van der Waals surface area contributed by atoms with E-state index in [0.717, 1.165) is 36.2 Å². The number of nitrogens with one attached hydrogen (secondary N) is 2. The van der Waals surface area contributed by atoms with Crippen molar-refractivity contribution in [1.29, 1.82) is 0 Å². The number of rotatable bonds is 7. The number of ether oxygens (including phenoxy) is 3. The second kappa shape index (κ2) is 8.82. The summed E-state index contributed by atoms with van der Waals surface area (Å²) in [6.45, 7) is 2.27. The second-order valence-corrected chi connectivity index (χ2v) is 5.52. The highest BCUT2D eigenvalue weighted by atomic mass is 16.7. The number of hydrogen-bond donors (Lipinski definition) is 2. The largest absolute Gasteiger partial charge is 0.492 e. The van der Waals surface area contributed by atoms with E-state index in [1.807, 2.05) is 24.3 Å². The van der Waals surface area contributed by atoms with E-state index >= 15 is 0 Å². The first-order chi connectivity index (χ1) is 12.3. The van der Waals surface area contributed by atoms with E-state index in [0.29, 0.717) is 13.2 Å². The molecule has 0 bridgehead atoms. The smallest absolute Gasteiger partial charge is 0.231 e. The summed E-state index contributed by atoms with van der Waals surface area (Å²) in [6.07, 6.45) is 0.954. The van der Waals surface area contributed by atoms with Crippen LogP contribution in [0.1, 0.15) is 5.56 Å². The molecule has 0 aromatic heterocycles. The van der Waals surface area contributed by atoms with Crippen LogP contribution in [0.15, 0.2) is 53.5 Å². The van der Waals surface area contributed by atoms with Gasteiger partial charge in [0.15, 0.2) is 17.5 Å². The van der Waals surface area contributed by atoms with Gasteiger partial charge in [0.05, 0.1) is 6.54 Å². The molecule has 132 valence electrons. The van der Waals surface area contributed by atoms with Gasteiger partial charge in [0, 0.05) is 19.7 Å². The number of benzene rings is 2. The lowest BCUT2D eigenvalue weighted by atomic mass is 10.1. The van der Waals surface area contributed by atoms with E-state index in [2.05, 4.69) is 39.9 Å². The van der Waals surface area contributed by atoms with Gasteiger partial charge in [-0.05, 0) is 24.1 Å². The molecule has 6 heteroatoms. The molecule has 0 amide bonds. The van der Waals surface area contributed by atoms with Gasteiger partial charge < -0.3 is 24.8 Å². The van der Waals surface area contributed by atoms with Gasteiger partial charge in [0.25, 0.3) is 0 Å². The minimum Gasteiger partial charge on any atom is -0.492 e. The molecule has 0 saturated heterocycles. The molecule has 0 atom stereocenters. The van der Waals surface area contributed by atoms with Crippen molar-refractivity contribution < 1.29 is 14.2 Å². The lowest BCUT2D eigenvalue weighted by Gasteiger charge is -2.12. The minimum absolute atomic E-state index is 0.269. The average Bonchev–Trinajstić information content (AvgIpc) is 3.12. The molecular weight excluding hydrogens is 318 g/mol. The Kier molecular flexibility index (Phi) is 5.98. The standard InChI is InChI=1S/C19H23N3O3/c1-20-19(21-10-9-15-5-3-2-4-6-15)22-11-12-23-16-7-8-17-18(13-16)25-14-24-17/h2-8,13H,9-12,14H2,1H3,(H2,20,21,22). The average molecular weight is 341 g/mol. The highest BCUT2D eigenvalue weighted by Crippen LogP contribution is 2.34. The molecule has 3 rings (SSSR count). The van der Waals surface area contributed by atoms with Crippen LogP contribution in [0.4, 0.5) is 0 Å². The maximum atomic E-state index is 5.72. The number of hydrogen-bond acceptors (Lipinski definition) is 4. The lowest BCUT2D eigenvalue weighted by Crippen LogP contribution is -2.40. The first-order valence-electron chi connectivity index (χ1n) is 8.36. The molecule has 2 aromatic rings. The Balaban J connectivity index is 1.34. The van der Waals surface area contributed by atoms with Crippen molar-refractivity contribution in [2.75, 3.05) is 33.5 Å². The van der Waals surface area contributed by atoms with Crippen LogP contribution in [-0.4, -0.2) is 39.5 Å². The molecule has 0 saturated carbocycles. The van der Waals surface area contributed by atoms with E-state index in [4.69, 9.17) is 14.2 Å². The van der Waals surface area contributed by atoms with Crippen LogP contribution in [-0.2, 0) is 6.42 Å². The normalized spacial score (nSPS) is 12.8. The van der Waals surface area contributed by atoms with Gasteiger partial charge in [-0.3, -0.25) is 4.99 Å². The van der Waals surface area contributed by atoms with Gasteiger partial charge in [-0.15, -0.1) is 0 Å². The summed E-state index contributed by atoms with van der Waals surface area (Å²) >= 11 is 0. The Morgan fingerprint density at radius 2 is 1.84 bits per heavy atom. The van der Waals surface area contributed by atoms with Crippen LogP contribution in [0.25, 0.3) is 0 Å². The van der Waals surface area contributed by atoms with E-state index in [-0.39, 0.29) is 6.79 Å². The molecule has 0 fully saturated rings. The van der Waals surface area contributed by atoms with Crippen molar-refractivity contribution in [3.63, 3.8) is 0 Å². The van der Waals surface area contributed by atoms with Crippen LogP contribution in [0.2, 0.25) is 0 Å². The molecule has 0 radical (unpaired) electrons. The summed E-state index contributed by atoms with van der Waals surface area (Å²) in [6, 6.07) is 15.9. The monoisotopic (exact) mass is 341 g/mol. The van der Waals surface area contributed by atoms with Crippen molar-refractivity contribution in [2.45, 2.75) is 6.42 Å². The van der Waals surface area contributed by atoms with E-state index < -0.39 is 0 Å². The summed E-state index contributed by atoms with van der Waals surface area (Å²) in [5, 5.41) is 6.53. The van der Waals surface area contributed by atoms with Gasteiger partial charge in [-0.2, -0.15) is 0 Å². The first kappa shape index (κ1) is 17.0. The quantitative estimate of drug-likeness (QED) is 0.459. The molecule has 25 heavy (non-hydrogen) atoms. The molecule has 6 nitrogen and oxygen atoms in total. The Hall–Kier alpha value is -2.89. The third-order valence-electron chi connectivity index (χ3n) is 3.78. The zero-order valence-corrected chi connectivity index (χ0v) is 14.3. The van der Waals surface area contributed by atoms with Gasteiger partial charge in [0.2, 0.25) is 6.79 Å². The zero-order valence-electron chi connectivity index (χ0n) is 14.3. The van der Waals surface area contributed by atoms with Crippen molar-refractivity contribution in [3.05, 3.63) is 54.1 Å². The number of guanidine groups is 1. The summed E-state index contributed by atoms with van der Waals surface area (Å²) in [7, 11) is 1.76. The Morgan fingerprint density at radius 3 is 2.68 bits per heavy atom. The van der Waals surface area contributed by atoms with Crippen molar-refractivity contribution in [1.82, 2.24) is 10.6 Å². The van der Waals surface area contributed by atoms with E-state index in [9.17, 15) is 0 Å². The fourth-order valence-corrected chi connectivity index (χ4v) is 2.50. The maximum Gasteiger partial charge on any atom is 0.231 e. The SMILES string of the molecule is CN=C(NCCOc1ccc2c(c1)OCO2)NCCc1ccccc1. The van der Waals surface area contributed by atoms with Gasteiger partial charge in [-0.25, -0.2) is 0 Å². The summed E-state index contributed by atoms with van der Waals surface area (Å²) in [5.74, 6) is 3.01.